The lowest BCUT2D eigenvalue weighted by Crippen LogP contribution is -2.52. The molecule has 2 heterocycles. The Morgan fingerprint density at radius 2 is 1.96 bits per heavy atom. The number of nitriles is 1. The topological polar surface area (TPSA) is 72.3 Å². The first-order chi connectivity index (χ1) is 12.2. The summed E-state index contributed by atoms with van der Waals surface area (Å²) in [6.45, 7) is 2.85. The van der Waals surface area contributed by atoms with E-state index in [9.17, 15) is 10.1 Å². The van der Waals surface area contributed by atoms with Crippen LogP contribution in [0.25, 0.3) is 0 Å². The Hall–Kier alpha value is -2.78. The maximum atomic E-state index is 12.3. The van der Waals surface area contributed by atoms with Gasteiger partial charge in [-0.3, -0.25) is 0 Å². The highest BCUT2D eigenvalue weighted by atomic mass is 35.5. The molecule has 1 aliphatic rings. The van der Waals surface area contributed by atoms with Gasteiger partial charge in [0.05, 0.1) is 5.56 Å². The van der Waals surface area contributed by atoms with Crippen molar-refractivity contribution in [1.29, 1.82) is 5.26 Å². The molecule has 1 aliphatic heterocycles. The summed E-state index contributed by atoms with van der Waals surface area (Å²) in [6, 6.07) is 13.0. The van der Waals surface area contributed by atoms with Crippen molar-refractivity contribution in [2.45, 2.75) is 6.54 Å². The maximum absolute atomic E-state index is 12.3. The van der Waals surface area contributed by atoms with E-state index in [0.29, 0.717) is 49.1 Å². The van der Waals surface area contributed by atoms with Gasteiger partial charge in [0.25, 0.3) is 0 Å². The van der Waals surface area contributed by atoms with Crippen LogP contribution in [-0.4, -0.2) is 42.1 Å². The first-order valence-electron chi connectivity index (χ1n) is 8.05. The van der Waals surface area contributed by atoms with Crippen LogP contribution in [0.3, 0.4) is 0 Å². The number of aromatic nitrogens is 1. The highest BCUT2D eigenvalue weighted by Crippen LogP contribution is 2.18. The number of anilines is 1. The molecule has 3 rings (SSSR count). The quantitative estimate of drug-likeness (QED) is 0.918. The number of piperazine rings is 1. The lowest BCUT2D eigenvalue weighted by molar-refractivity contribution is 0.194. The van der Waals surface area contributed by atoms with E-state index in [4.69, 9.17) is 11.6 Å². The van der Waals surface area contributed by atoms with Crippen LogP contribution in [0.2, 0.25) is 5.02 Å². The zero-order valence-electron chi connectivity index (χ0n) is 13.7. The van der Waals surface area contributed by atoms with Gasteiger partial charge in [-0.05, 0) is 23.8 Å². The minimum Gasteiger partial charge on any atom is -0.352 e. The lowest BCUT2D eigenvalue weighted by atomic mass is 10.2. The summed E-state index contributed by atoms with van der Waals surface area (Å²) < 4.78 is 0. The zero-order valence-corrected chi connectivity index (χ0v) is 14.4. The van der Waals surface area contributed by atoms with Gasteiger partial charge >= 0.3 is 6.03 Å². The number of pyridine rings is 1. The SMILES string of the molecule is N#Cc1cccnc1N1CCN(C(=O)NCc2ccccc2Cl)CC1. The Bertz CT molecular complexity index is 796. The number of rotatable bonds is 3. The Morgan fingerprint density at radius 3 is 2.68 bits per heavy atom. The molecule has 6 nitrogen and oxygen atoms in total. The molecule has 1 N–H and O–H groups in total. The standard InChI is InChI=1S/C18H18ClN5O/c19-16-6-2-1-4-15(16)13-22-18(25)24-10-8-23(9-11-24)17-14(12-20)5-3-7-21-17/h1-7H,8-11,13H2,(H,22,25). The molecule has 1 aromatic heterocycles. The fraction of sp³-hybridized carbons (Fsp3) is 0.278. The van der Waals surface area contributed by atoms with Crippen molar-refractivity contribution in [2.24, 2.45) is 0 Å². The average molecular weight is 356 g/mol. The zero-order chi connectivity index (χ0) is 17.6. The number of nitrogens with zero attached hydrogens (tertiary/aromatic N) is 4. The number of nitrogens with one attached hydrogen (secondary N) is 1. The molecular weight excluding hydrogens is 338 g/mol. The first kappa shape index (κ1) is 17.1. The van der Waals surface area contributed by atoms with Crippen molar-refractivity contribution in [3.63, 3.8) is 0 Å². The van der Waals surface area contributed by atoms with Crippen LogP contribution in [0.4, 0.5) is 10.6 Å². The summed E-state index contributed by atoms with van der Waals surface area (Å²) >= 11 is 6.10. The molecule has 0 radical (unpaired) electrons. The van der Waals surface area contributed by atoms with Crippen LogP contribution >= 0.6 is 11.6 Å². The molecule has 0 spiro atoms. The van der Waals surface area contributed by atoms with Crippen molar-refractivity contribution in [2.75, 3.05) is 31.1 Å². The van der Waals surface area contributed by atoms with Gasteiger partial charge in [0.1, 0.15) is 11.9 Å². The average Bonchev–Trinajstić information content (AvgIpc) is 2.67. The summed E-state index contributed by atoms with van der Waals surface area (Å²) in [7, 11) is 0. The van der Waals surface area contributed by atoms with E-state index in [0.717, 1.165) is 5.56 Å². The largest absolute Gasteiger partial charge is 0.352 e. The molecule has 0 bridgehead atoms. The Balaban J connectivity index is 1.54. The molecular formula is C18H18ClN5O. The van der Waals surface area contributed by atoms with Crippen LogP contribution < -0.4 is 10.2 Å². The highest BCUT2D eigenvalue weighted by molar-refractivity contribution is 6.31. The third-order valence-corrected chi connectivity index (χ3v) is 4.53. The first-order valence-corrected chi connectivity index (χ1v) is 8.43. The van der Waals surface area contributed by atoms with Crippen LogP contribution in [0.15, 0.2) is 42.6 Å². The van der Waals surface area contributed by atoms with Crippen molar-refractivity contribution in [1.82, 2.24) is 15.2 Å². The number of benzene rings is 1. The van der Waals surface area contributed by atoms with Gasteiger partial charge in [-0.2, -0.15) is 5.26 Å². The molecule has 0 atom stereocenters. The lowest BCUT2D eigenvalue weighted by Gasteiger charge is -2.35. The van der Waals surface area contributed by atoms with Gasteiger partial charge in [0.15, 0.2) is 0 Å². The number of carbonyl (C=O) groups excluding carboxylic acids is 1. The minimum absolute atomic E-state index is 0.110. The third-order valence-electron chi connectivity index (χ3n) is 4.16. The monoisotopic (exact) mass is 355 g/mol. The van der Waals surface area contributed by atoms with Gasteiger partial charge in [0, 0.05) is 43.9 Å². The Morgan fingerprint density at radius 1 is 1.20 bits per heavy atom. The summed E-state index contributed by atoms with van der Waals surface area (Å²) in [5.41, 5.74) is 1.45. The molecule has 1 fully saturated rings. The van der Waals surface area contributed by atoms with E-state index >= 15 is 0 Å². The third kappa shape index (κ3) is 4.01. The van der Waals surface area contributed by atoms with E-state index < -0.39 is 0 Å². The van der Waals surface area contributed by atoms with Gasteiger partial charge < -0.3 is 15.1 Å². The predicted molar refractivity (Wildman–Crippen MR) is 96.4 cm³/mol. The highest BCUT2D eigenvalue weighted by Gasteiger charge is 2.23. The summed E-state index contributed by atoms with van der Waals surface area (Å²) in [4.78, 5) is 20.4. The molecule has 25 heavy (non-hydrogen) atoms. The van der Waals surface area contributed by atoms with Crippen LogP contribution in [0.1, 0.15) is 11.1 Å². The van der Waals surface area contributed by atoms with Crippen molar-refractivity contribution < 1.29 is 4.79 Å². The normalized spacial score (nSPS) is 14.1. The van der Waals surface area contributed by atoms with E-state index in [-0.39, 0.29) is 6.03 Å². The van der Waals surface area contributed by atoms with E-state index in [1.807, 2.05) is 29.2 Å². The molecule has 1 aromatic carbocycles. The van der Waals surface area contributed by atoms with Gasteiger partial charge in [-0.15, -0.1) is 0 Å². The van der Waals surface area contributed by atoms with E-state index in [1.165, 1.54) is 0 Å². The maximum Gasteiger partial charge on any atom is 0.317 e. The van der Waals surface area contributed by atoms with Crippen molar-refractivity contribution in [3.8, 4) is 6.07 Å². The second-order valence-corrected chi connectivity index (χ2v) is 6.12. The summed E-state index contributed by atoms with van der Waals surface area (Å²) in [5.74, 6) is 0.682. The van der Waals surface area contributed by atoms with Gasteiger partial charge in [-0.1, -0.05) is 29.8 Å². The van der Waals surface area contributed by atoms with Crippen molar-refractivity contribution in [3.05, 3.63) is 58.7 Å². The van der Waals surface area contributed by atoms with E-state index in [1.54, 1.807) is 23.2 Å². The number of amides is 2. The Kier molecular flexibility index (Phi) is 5.36. The van der Waals surface area contributed by atoms with Crippen LogP contribution in [0, 0.1) is 11.3 Å². The van der Waals surface area contributed by atoms with Crippen LogP contribution in [0.5, 0.6) is 0 Å². The Labute approximate surface area is 151 Å². The molecule has 7 heteroatoms. The summed E-state index contributed by atoms with van der Waals surface area (Å²) in [5, 5.41) is 12.7. The smallest absolute Gasteiger partial charge is 0.317 e. The fourth-order valence-electron chi connectivity index (χ4n) is 2.78. The second kappa shape index (κ2) is 7.86. The fourth-order valence-corrected chi connectivity index (χ4v) is 2.98. The second-order valence-electron chi connectivity index (χ2n) is 5.71. The molecule has 2 aromatic rings. The molecule has 0 unspecified atom stereocenters. The number of hydrogen-bond donors (Lipinski definition) is 1. The number of halogens is 1. The van der Waals surface area contributed by atoms with E-state index in [2.05, 4.69) is 16.4 Å². The number of carbonyl (C=O) groups is 1. The number of hydrogen-bond acceptors (Lipinski definition) is 4. The molecule has 2 amide bonds. The minimum atomic E-state index is -0.110. The van der Waals surface area contributed by atoms with Crippen LogP contribution in [-0.2, 0) is 6.54 Å². The summed E-state index contributed by atoms with van der Waals surface area (Å²) in [6.07, 6.45) is 1.68. The number of urea groups is 1. The molecule has 128 valence electrons. The molecule has 0 aliphatic carbocycles. The van der Waals surface area contributed by atoms with Crippen molar-refractivity contribution >= 4 is 23.4 Å². The van der Waals surface area contributed by atoms with Gasteiger partial charge in [0.2, 0.25) is 0 Å². The van der Waals surface area contributed by atoms with Gasteiger partial charge in [-0.25, -0.2) is 9.78 Å². The predicted octanol–water partition coefficient (Wildman–Crippen LogP) is 2.64. The molecule has 1 saturated heterocycles. The molecule has 0 saturated carbocycles.